The fraction of sp³-hybridized carbons (Fsp3) is 0.417. The van der Waals surface area contributed by atoms with Crippen LogP contribution in [0.2, 0.25) is 0 Å². The summed E-state index contributed by atoms with van der Waals surface area (Å²) in [5.74, 6) is 0.394. The van der Waals surface area contributed by atoms with Crippen LogP contribution in [0.25, 0.3) is 0 Å². The topological polar surface area (TPSA) is 89.3 Å². The van der Waals surface area contributed by atoms with Gasteiger partial charge in [-0.15, -0.1) is 0 Å². The van der Waals surface area contributed by atoms with Crippen molar-refractivity contribution in [1.29, 1.82) is 0 Å². The number of nitrogens with two attached hydrogens (primary N) is 1. The molecular formula is C12H18N2O3S3. The Morgan fingerprint density at radius 2 is 1.95 bits per heavy atom. The SMILES string of the molecule is CS(=O)CCCNS(=O)(=O)Cc1ccc(C(N)=S)cc1. The third-order valence-electron chi connectivity index (χ3n) is 2.53. The second-order valence-corrected chi connectivity index (χ2v) is 8.15. The highest BCUT2D eigenvalue weighted by atomic mass is 32.2. The lowest BCUT2D eigenvalue weighted by molar-refractivity contribution is 0.580. The Morgan fingerprint density at radius 3 is 2.45 bits per heavy atom. The Bertz CT molecular complexity index is 582. The molecule has 0 saturated carbocycles. The molecule has 1 rings (SSSR count). The number of benzene rings is 1. The van der Waals surface area contributed by atoms with Crippen molar-refractivity contribution < 1.29 is 12.6 Å². The van der Waals surface area contributed by atoms with E-state index < -0.39 is 20.8 Å². The van der Waals surface area contributed by atoms with Gasteiger partial charge >= 0.3 is 0 Å². The molecule has 1 unspecified atom stereocenters. The predicted molar refractivity (Wildman–Crippen MR) is 86.5 cm³/mol. The van der Waals surface area contributed by atoms with Crippen LogP contribution < -0.4 is 10.5 Å². The molecule has 0 aliphatic carbocycles. The Kier molecular flexibility index (Phi) is 6.74. The molecule has 112 valence electrons. The van der Waals surface area contributed by atoms with Crippen LogP contribution in [0, 0.1) is 0 Å². The Labute approximate surface area is 127 Å². The maximum Gasteiger partial charge on any atom is 0.215 e. The summed E-state index contributed by atoms with van der Waals surface area (Å²) < 4.78 is 37.0. The standard InChI is InChI=1S/C12H18N2O3S3/c1-19(15)8-2-7-14-20(16,17)9-10-3-5-11(6-4-10)12(13)18/h3-6,14H,2,7-9H2,1H3,(H2,13,18). The summed E-state index contributed by atoms with van der Waals surface area (Å²) in [6, 6.07) is 6.78. The van der Waals surface area contributed by atoms with Crippen molar-refractivity contribution >= 4 is 38.0 Å². The largest absolute Gasteiger partial charge is 0.389 e. The van der Waals surface area contributed by atoms with E-state index in [1.807, 2.05) is 0 Å². The molecule has 5 nitrogen and oxygen atoms in total. The number of nitrogens with one attached hydrogen (secondary N) is 1. The van der Waals surface area contributed by atoms with Crippen molar-refractivity contribution in [2.45, 2.75) is 12.2 Å². The summed E-state index contributed by atoms with van der Waals surface area (Å²) in [6.45, 7) is 0.298. The fourth-order valence-corrected chi connectivity index (χ4v) is 3.41. The summed E-state index contributed by atoms with van der Waals surface area (Å²) >= 11 is 4.83. The highest BCUT2D eigenvalue weighted by molar-refractivity contribution is 7.88. The van der Waals surface area contributed by atoms with Crippen molar-refractivity contribution in [2.75, 3.05) is 18.6 Å². The highest BCUT2D eigenvalue weighted by Crippen LogP contribution is 2.08. The minimum atomic E-state index is -3.38. The Morgan fingerprint density at radius 1 is 1.35 bits per heavy atom. The maximum absolute atomic E-state index is 11.8. The quantitative estimate of drug-likeness (QED) is 0.534. The Balaban J connectivity index is 2.53. The van der Waals surface area contributed by atoms with E-state index >= 15 is 0 Å². The van der Waals surface area contributed by atoms with Crippen LogP contribution in [0.4, 0.5) is 0 Å². The number of rotatable bonds is 8. The number of hydrogen-bond acceptors (Lipinski definition) is 4. The number of thiocarbonyl (C=S) groups is 1. The minimum absolute atomic E-state index is 0.0974. The van der Waals surface area contributed by atoms with E-state index in [2.05, 4.69) is 4.72 Å². The summed E-state index contributed by atoms with van der Waals surface area (Å²) in [6.07, 6.45) is 2.15. The summed E-state index contributed by atoms with van der Waals surface area (Å²) in [5, 5.41) is 0. The van der Waals surface area contributed by atoms with E-state index in [0.717, 1.165) is 0 Å². The van der Waals surface area contributed by atoms with Crippen LogP contribution in [0.3, 0.4) is 0 Å². The smallest absolute Gasteiger partial charge is 0.215 e. The molecule has 0 aliphatic rings. The first-order chi connectivity index (χ1) is 9.30. The fourth-order valence-electron chi connectivity index (χ4n) is 1.54. The van der Waals surface area contributed by atoms with Gasteiger partial charge in [-0.3, -0.25) is 4.21 Å². The predicted octanol–water partition coefficient (Wildman–Crippen LogP) is 0.509. The van der Waals surface area contributed by atoms with E-state index in [0.29, 0.717) is 29.8 Å². The lowest BCUT2D eigenvalue weighted by Crippen LogP contribution is -2.27. The van der Waals surface area contributed by atoms with Crippen LogP contribution in [-0.4, -0.2) is 36.2 Å². The molecule has 0 fully saturated rings. The molecule has 1 atom stereocenters. The molecule has 0 aromatic heterocycles. The lowest BCUT2D eigenvalue weighted by atomic mass is 10.1. The zero-order chi connectivity index (χ0) is 15.2. The van der Waals surface area contributed by atoms with Crippen LogP contribution in [0.15, 0.2) is 24.3 Å². The molecule has 8 heteroatoms. The van der Waals surface area contributed by atoms with Gasteiger partial charge in [-0.05, 0) is 12.0 Å². The molecule has 0 saturated heterocycles. The van der Waals surface area contributed by atoms with E-state index in [1.165, 1.54) is 0 Å². The normalized spacial score (nSPS) is 13.1. The lowest BCUT2D eigenvalue weighted by Gasteiger charge is -2.07. The summed E-state index contributed by atoms with van der Waals surface area (Å²) in [5.41, 5.74) is 6.84. The van der Waals surface area contributed by atoms with Gasteiger partial charge in [0.2, 0.25) is 10.0 Å². The first-order valence-electron chi connectivity index (χ1n) is 5.96. The molecule has 3 N–H and O–H groups in total. The van der Waals surface area contributed by atoms with Crippen molar-refractivity contribution in [3.8, 4) is 0 Å². The van der Waals surface area contributed by atoms with E-state index in [-0.39, 0.29) is 10.7 Å². The molecule has 20 heavy (non-hydrogen) atoms. The summed E-state index contributed by atoms with van der Waals surface area (Å²) in [4.78, 5) is 0.282. The van der Waals surface area contributed by atoms with Crippen molar-refractivity contribution in [3.63, 3.8) is 0 Å². The zero-order valence-corrected chi connectivity index (χ0v) is 13.6. The van der Waals surface area contributed by atoms with Gasteiger partial charge in [0.15, 0.2) is 0 Å². The Hall–Kier alpha value is -0.830. The average Bonchev–Trinajstić information content (AvgIpc) is 2.34. The first-order valence-corrected chi connectivity index (χ1v) is 9.75. The van der Waals surface area contributed by atoms with E-state index in [4.69, 9.17) is 18.0 Å². The van der Waals surface area contributed by atoms with Gasteiger partial charge in [0.05, 0.1) is 5.75 Å². The van der Waals surface area contributed by atoms with E-state index in [1.54, 1.807) is 30.5 Å². The van der Waals surface area contributed by atoms with Gasteiger partial charge in [-0.1, -0.05) is 36.5 Å². The van der Waals surface area contributed by atoms with Crippen LogP contribution in [0.5, 0.6) is 0 Å². The summed E-state index contributed by atoms with van der Waals surface area (Å²) in [7, 11) is -4.28. The van der Waals surface area contributed by atoms with Crippen molar-refractivity contribution in [1.82, 2.24) is 4.72 Å². The van der Waals surface area contributed by atoms with Crippen molar-refractivity contribution in [2.24, 2.45) is 5.73 Å². The second-order valence-electron chi connectivity index (χ2n) is 4.35. The number of hydrogen-bond donors (Lipinski definition) is 2. The van der Waals surface area contributed by atoms with Gasteiger partial charge in [-0.2, -0.15) is 0 Å². The maximum atomic E-state index is 11.8. The third-order valence-corrected chi connectivity index (χ3v) is 4.98. The first kappa shape index (κ1) is 17.2. The van der Waals surface area contributed by atoms with Gasteiger partial charge in [-0.25, -0.2) is 13.1 Å². The second kappa shape index (κ2) is 7.82. The molecule has 1 aromatic rings. The highest BCUT2D eigenvalue weighted by Gasteiger charge is 2.11. The van der Waals surface area contributed by atoms with Gasteiger partial charge in [0, 0.05) is 34.9 Å². The molecule has 0 radical (unpaired) electrons. The molecule has 0 aliphatic heterocycles. The molecule has 0 bridgehead atoms. The van der Waals surface area contributed by atoms with Crippen LogP contribution in [-0.2, 0) is 26.6 Å². The molecule has 1 aromatic carbocycles. The van der Waals surface area contributed by atoms with Gasteiger partial charge in [0.1, 0.15) is 4.99 Å². The molecule has 0 heterocycles. The molecule has 0 spiro atoms. The van der Waals surface area contributed by atoms with Gasteiger partial charge < -0.3 is 5.73 Å². The van der Waals surface area contributed by atoms with Crippen LogP contribution in [0.1, 0.15) is 17.5 Å². The van der Waals surface area contributed by atoms with E-state index in [9.17, 15) is 12.6 Å². The van der Waals surface area contributed by atoms with Crippen molar-refractivity contribution in [3.05, 3.63) is 35.4 Å². The van der Waals surface area contributed by atoms with Crippen LogP contribution >= 0.6 is 12.2 Å². The number of sulfonamides is 1. The zero-order valence-electron chi connectivity index (χ0n) is 11.2. The molecular weight excluding hydrogens is 316 g/mol. The molecule has 0 amide bonds. The third kappa shape index (κ3) is 6.56. The van der Waals surface area contributed by atoms with Gasteiger partial charge in [0.25, 0.3) is 0 Å². The minimum Gasteiger partial charge on any atom is -0.389 e. The monoisotopic (exact) mass is 334 g/mol. The average molecular weight is 334 g/mol.